The van der Waals surface area contributed by atoms with Gasteiger partial charge < -0.3 is 16.0 Å². The van der Waals surface area contributed by atoms with Crippen LogP contribution in [-0.4, -0.2) is 40.0 Å². The highest BCUT2D eigenvalue weighted by atomic mass is 32.2. The van der Waals surface area contributed by atoms with Crippen molar-refractivity contribution in [2.75, 3.05) is 11.1 Å². The highest BCUT2D eigenvalue weighted by Gasteiger charge is 2.42. The van der Waals surface area contributed by atoms with Gasteiger partial charge in [0.05, 0.1) is 12.1 Å². The number of carbonyl (C=O) groups is 2. The van der Waals surface area contributed by atoms with Crippen LogP contribution in [0.4, 0.5) is 9.93 Å². The minimum absolute atomic E-state index is 0.0298. The van der Waals surface area contributed by atoms with Gasteiger partial charge in [-0.05, 0) is 19.8 Å². The lowest BCUT2D eigenvalue weighted by Crippen LogP contribution is -2.36. The molecule has 1 aromatic rings. The molecule has 3 rings (SSSR count). The first kappa shape index (κ1) is 15.6. The SMILES string of the molecule is Cc1cnc(NC(=O)CCCC[C@@H]2SC[C@@H]3NC(=O)N[C@@H]32)s1. The van der Waals surface area contributed by atoms with Gasteiger partial charge in [0.2, 0.25) is 5.91 Å². The molecule has 2 aliphatic heterocycles. The zero-order chi connectivity index (χ0) is 15.5. The van der Waals surface area contributed by atoms with Gasteiger partial charge in [-0.1, -0.05) is 6.42 Å². The molecule has 0 aliphatic carbocycles. The summed E-state index contributed by atoms with van der Waals surface area (Å²) in [6.45, 7) is 1.97. The average molecular weight is 340 g/mol. The molecule has 2 aliphatic rings. The molecule has 0 saturated carbocycles. The summed E-state index contributed by atoms with van der Waals surface area (Å²) in [7, 11) is 0. The number of amides is 3. The average Bonchev–Trinajstić information content (AvgIpc) is 3.12. The smallest absolute Gasteiger partial charge is 0.315 e. The maximum absolute atomic E-state index is 11.8. The first-order chi connectivity index (χ1) is 10.6. The van der Waals surface area contributed by atoms with E-state index in [9.17, 15) is 9.59 Å². The van der Waals surface area contributed by atoms with E-state index < -0.39 is 0 Å². The number of rotatable bonds is 6. The summed E-state index contributed by atoms with van der Waals surface area (Å²) in [5.74, 6) is 1.01. The molecule has 3 heterocycles. The molecule has 0 bridgehead atoms. The second-order valence-electron chi connectivity index (χ2n) is 5.69. The molecule has 6 nitrogen and oxygen atoms in total. The van der Waals surface area contributed by atoms with E-state index in [2.05, 4.69) is 20.9 Å². The predicted molar refractivity (Wildman–Crippen MR) is 89.4 cm³/mol. The second-order valence-corrected chi connectivity index (χ2v) is 8.20. The van der Waals surface area contributed by atoms with E-state index in [4.69, 9.17) is 0 Å². The Morgan fingerprint density at radius 2 is 2.32 bits per heavy atom. The molecule has 2 saturated heterocycles. The van der Waals surface area contributed by atoms with Crippen molar-refractivity contribution in [3.8, 4) is 0 Å². The van der Waals surface area contributed by atoms with Crippen molar-refractivity contribution in [1.29, 1.82) is 0 Å². The van der Waals surface area contributed by atoms with Crippen molar-refractivity contribution in [1.82, 2.24) is 15.6 Å². The number of thiazole rings is 1. The monoisotopic (exact) mass is 340 g/mol. The molecule has 3 amide bonds. The molecule has 120 valence electrons. The number of thioether (sulfide) groups is 1. The van der Waals surface area contributed by atoms with Crippen molar-refractivity contribution < 1.29 is 9.59 Å². The number of hydrogen-bond acceptors (Lipinski definition) is 5. The number of carbonyl (C=O) groups excluding carboxylic acids is 2. The Hall–Kier alpha value is -1.28. The maximum Gasteiger partial charge on any atom is 0.315 e. The van der Waals surface area contributed by atoms with Crippen molar-refractivity contribution in [2.45, 2.75) is 49.9 Å². The van der Waals surface area contributed by atoms with Crippen molar-refractivity contribution in [3.63, 3.8) is 0 Å². The molecule has 3 atom stereocenters. The largest absolute Gasteiger partial charge is 0.332 e. The minimum Gasteiger partial charge on any atom is -0.332 e. The van der Waals surface area contributed by atoms with Crippen LogP contribution < -0.4 is 16.0 Å². The number of fused-ring (bicyclic) bond motifs is 1. The fourth-order valence-corrected chi connectivity index (χ4v) is 5.09. The van der Waals surface area contributed by atoms with Crippen LogP contribution in [0.25, 0.3) is 0 Å². The molecule has 8 heteroatoms. The molecule has 3 N–H and O–H groups in total. The molecular formula is C14H20N4O2S2. The lowest BCUT2D eigenvalue weighted by atomic mass is 10.0. The maximum atomic E-state index is 11.8. The highest BCUT2D eigenvalue weighted by molar-refractivity contribution is 8.00. The Labute approximate surface area is 137 Å². The number of hydrogen-bond donors (Lipinski definition) is 3. The predicted octanol–water partition coefficient (Wildman–Crippen LogP) is 2.12. The first-order valence-corrected chi connectivity index (χ1v) is 9.39. The Morgan fingerprint density at radius 1 is 1.45 bits per heavy atom. The summed E-state index contributed by atoms with van der Waals surface area (Å²) in [6.07, 6.45) is 5.19. The van der Waals surface area contributed by atoms with E-state index in [1.165, 1.54) is 11.3 Å². The van der Waals surface area contributed by atoms with Crippen LogP contribution in [0.3, 0.4) is 0 Å². The van der Waals surface area contributed by atoms with Crippen molar-refractivity contribution in [2.24, 2.45) is 0 Å². The number of aromatic nitrogens is 1. The Kier molecular flexibility index (Phi) is 4.87. The first-order valence-electron chi connectivity index (χ1n) is 7.53. The minimum atomic E-state index is -0.0431. The van der Waals surface area contributed by atoms with Crippen molar-refractivity contribution >= 4 is 40.2 Å². The van der Waals surface area contributed by atoms with Gasteiger partial charge in [-0.25, -0.2) is 9.78 Å². The van der Waals surface area contributed by atoms with Gasteiger partial charge in [0.15, 0.2) is 5.13 Å². The third-order valence-electron chi connectivity index (χ3n) is 3.95. The fourth-order valence-electron chi connectivity index (χ4n) is 2.87. The highest BCUT2D eigenvalue weighted by Crippen LogP contribution is 2.33. The standard InChI is InChI=1S/C14H20N4O2S2/c1-8-6-15-14(22-8)17-11(19)5-3-2-4-10-12-9(7-21-10)16-13(20)18-12/h6,9-10,12H,2-5,7H2,1H3,(H,15,17,19)(H2,16,18,20)/t9-,10-,12-/m0/s1. The van der Waals surface area contributed by atoms with E-state index in [0.29, 0.717) is 16.8 Å². The van der Waals surface area contributed by atoms with Crippen LogP contribution in [0.1, 0.15) is 30.6 Å². The Morgan fingerprint density at radius 3 is 3.09 bits per heavy atom. The van der Waals surface area contributed by atoms with Crippen LogP contribution >= 0.6 is 23.1 Å². The zero-order valence-electron chi connectivity index (χ0n) is 12.4. The Bertz CT molecular complexity index is 563. The molecular weight excluding hydrogens is 320 g/mol. The number of anilines is 1. The molecule has 0 spiro atoms. The lowest BCUT2D eigenvalue weighted by molar-refractivity contribution is -0.116. The number of nitrogens with one attached hydrogen (secondary N) is 3. The molecule has 22 heavy (non-hydrogen) atoms. The zero-order valence-corrected chi connectivity index (χ0v) is 14.1. The molecule has 1 aromatic heterocycles. The normalized spacial score (nSPS) is 26.4. The van der Waals surface area contributed by atoms with E-state index in [1.54, 1.807) is 6.20 Å². The van der Waals surface area contributed by atoms with Gasteiger partial charge in [-0.15, -0.1) is 11.3 Å². The number of nitrogens with zero attached hydrogens (tertiary/aromatic N) is 1. The Balaban J connectivity index is 1.34. The van der Waals surface area contributed by atoms with Gasteiger partial charge in [-0.2, -0.15) is 11.8 Å². The summed E-state index contributed by atoms with van der Waals surface area (Å²) in [6, 6.07) is 0.488. The van der Waals surface area contributed by atoms with Crippen LogP contribution in [0.5, 0.6) is 0 Å². The van der Waals surface area contributed by atoms with Crippen molar-refractivity contribution in [3.05, 3.63) is 11.1 Å². The summed E-state index contributed by atoms with van der Waals surface area (Å²) in [5.41, 5.74) is 0. The van der Waals surface area contributed by atoms with Crippen LogP contribution in [0.15, 0.2) is 6.20 Å². The second kappa shape index (κ2) is 6.87. The number of unbranched alkanes of at least 4 members (excludes halogenated alkanes) is 1. The van der Waals surface area contributed by atoms with Gasteiger partial charge >= 0.3 is 6.03 Å². The van der Waals surface area contributed by atoms with Gasteiger partial charge in [0.1, 0.15) is 0 Å². The molecule has 2 fully saturated rings. The number of aryl methyl sites for hydroxylation is 1. The van der Waals surface area contributed by atoms with Gasteiger partial charge in [-0.3, -0.25) is 4.79 Å². The third kappa shape index (κ3) is 3.73. The lowest BCUT2D eigenvalue weighted by Gasteiger charge is -2.16. The third-order valence-corrected chi connectivity index (χ3v) is 6.29. The summed E-state index contributed by atoms with van der Waals surface area (Å²) < 4.78 is 0. The molecule has 0 aromatic carbocycles. The summed E-state index contributed by atoms with van der Waals surface area (Å²) >= 11 is 3.41. The van der Waals surface area contributed by atoms with E-state index in [0.717, 1.165) is 29.9 Å². The number of urea groups is 1. The fraction of sp³-hybridized carbons (Fsp3) is 0.643. The summed E-state index contributed by atoms with van der Waals surface area (Å²) in [5, 5.41) is 9.91. The van der Waals surface area contributed by atoms with Crippen LogP contribution in [0, 0.1) is 6.92 Å². The summed E-state index contributed by atoms with van der Waals surface area (Å²) in [4.78, 5) is 28.4. The van der Waals surface area contributed by atoms with E-state index in [-0.39, 0.29) is 24.0 Å². The van der Waals surface area contributed by atoms with Gasteiger partial charge in [0, 0.05) is 28.5 Å². The van der Waals surface area contributed by atoms with Gasteiger partial charge in [0.25, 0.3) is 0 Å². The quantitative estimate of drug-likeness (QED) is 0.547. The topological polar surface area (TPSA) is 83.1 Å². The van der Waals surface area contributed by atoms with E-state index in [1.807, 2.05) is 18.7 Å². The molecule has 0 radical (unpaired) electrons. The molecule has 0 unspecified atom stereocenters. The van der Waals surface area contributed by atoms with E-state index >= 15 is 0 Å². The van der Waals surface area contributed by atoms with Crippen LogP contribution in [0.2, 0.25) is 0 Å². The van der Waals surface area contributed by atoms with Crippen LogP contribution in [-0.2, 0) is 4.79 Å².